The SMILES string of the molecule is CCCc1ccc(-n2cncc2-c2cnccc2N)cc1. The quantitative estimate of drug-likeness (QED) is 0.795. The second kappa shape index (κ2) is 5.79. The summed E-state index contributed by atoms with van der Waals surface area (Å²) < 4.78 is 2.03. The summed E-state index contributed by atoms with van der Waals surface area (Å²) in [6.07, 6.45) is 9.34. The van der Waals surface area contributed by atoms with Gasteiger partial charge in [0.2, 0.25) is 0 Å². The lowest BCUT2D eigenvalue weighted by Gasteiger charge is -2.10. The minimum atomic E-state index is 0.703. The van der Waals surface area contributed by atoms with Crippen LogP contribution in [0.4, 0.5) is 5.69 Å². The van der Waals surface area contributed by atoms with Gasteiger partial charge >= 0.3 is 0 Å². The molecule has 4 heteroatoms. The maximum atomic E-state index is 6.04. The molecule has 0 fully saturated rings. The van der Waals surface area contributed by atoms with Crippen LogP contribution in [0.3, 0.4) is 0 Å². The van der Waals surface area contributed by atoms with E-state index in [1.54, 1.807) is 24.8 Å². The van der Waals surface area contributed by atoms with Crippen LogP contribution in [-0.2, 0) is 6.42 Å². The molecule has 106 valence electrons. The van der Waals surface area contributed by atoms with Gasteiger partial charge in [-0.2, -0.15) is 0 Å². The van der Waals surface area contributed by atoms with Crippen molar-refractivity contribution in [2.45, 2.75) is 19.8 Å². The molecular weight excluding hydrogens is 260 g/mol. The highest BCUT2D eigenvalue weighted by atomic mass is 15.1. The fraction of sp³-hybridized carbons (Fsp3) is 0.176. The van der Waals surface area contributed by atoms with Gasteiger partial charge in [0.15, 0.2) is 0 Å². The minimum Gasteiger partial charge on any atom is -0.398 e. The normalized spacial score (nSPS) is 10.7. The van der Waals surface area contributed by atoms with Crippen LogP contribution in [0.25, 0.3) is 16.9 Å². The van der Waals surface area contributed by atoms with Gasteiger partial charge in [-0.3, -0.25) is 9.55 Å². The lowest BCUT2D eigenvalue weighted by Crippen LogP contribution is -1.98. The molecule has 0 aliphatic heterocycles. The molecule has 0 aliphatic carbocycles. The number of nitrogens with two attached hydrogens (primary N) is 1. The number of aromatic nitrogens is 3. The fourth-order valence-corrected chi connectivity index (χ4v) is 2.43. The molecule has 0 radical (unpaired) electrons. The maximum Gasteiger partial charge on any atom is 0.0997 e. The molecule has 0 aliphatic rings. The standard InChI is InChI=1S/C17H18N4/c1-2-3-13-4-6-14(7-5-13)21-12-20-11-17(21)15-10-19-9-8-16(15)18/h4-12H,2-3H2,1H3,(H2,18,19). The van der Waals surface area contributed by atoms with Gasteiger partial charge in [-0.1, -0.05) is 25.5 Å². The van der Waals surface area contributed by atoms with Crippen molar-refractivity contribution in [3.63, 3.8) is 0 Å². The smallest absolute Gasteiger partial charge is 0.0997 e. The van der Waals surface area contributed by atoms with E-state index < -0.39 is 0 Å². The number of imidazole rings is 1. The van der Waals surface area contributed by atoms with Crippen LogP contribution >= 0.6 is 0 Å². The lowest BCUT2D eigenvalue weighted by molar-refractivity contribution is 0.920. The summed E-state index contributed by atoms with van der Waals surface area (Å²) in [6.45, 7) is 2.19. The van der Waals surface area contributed by atoms with E-state index in [2.05, 4.69) is 41.2 Å². The van der Waals surface area contributed by atoms with Crippen LogP contribution < -0.4 is 5.73 Å². The molecule has 0 saturated carbocycles. The summed E-state index contributed by atoms with van der Waals surface area (Å²) in [5.41, 5.74) is 11.0. The summed E-state index contributed by atoms with van der Waals surface area (Å²) >= 11 is 0. The van der Waals surface area contributed by atoms with Crippen LogP contribution in [0.2, 0.25) is 0 Å². The predicted molar refractivity (Wildman–Crippen MR) is 85.2 cm³/mol. The van der Waals surface area contributed by atoms with Crippen molar-refractivity contribution in [1.82, 2.24) is 14.5 Å². The Labute approximate surface area is 124 Å². The molecule has 3 rings (SSSR count). The highest BCUT2D eigenvalue weighted by Crippen LogP contribution is 2.26. The first-order valence-electron chi connectivity index (χ1n) is 7.11. The van der Waals surface area contributed by atoms with Crippen LogP contribution in [0.1, 0.15) is 18.9 Å². The number of benzene rings is 1. The third kappa shape index (κ3) is 2.65. The molecule has 0 bridgehead atoms. The molecule has 2 aromatic heterocycles. The summed E-state index contributed by atoms with van der Waals surface area (Å²) in [5.74, 6) is 0. The Bertz CT molecular complexity index is 729. The molecular formula is C17H18N4. The van der Waals surface area contributed by atoms with Crippen LogP contribution in [0.5, 0.6) is 0 Å². The largest absolute Gasteiger partial charge is 0.398 e. The Morgan fingerprint density at radius 2 is 1.86 bits per heavy atom. The summed E-state index contributed by atoms with van der Waals surface area (Å²) in [5, 5.41) is 0. The molecule has 0 atom stereocenters. The van der Waals surface area contributed by atoms with E-state index in [1.807, 2.05) is 10.8 Å². The van der Waals surface area contributed by atoms with Gasteiger partial charge in [0.05, 0.1) is 18.2 Å². The molecule has 0 saturated heterocycles. The Balaban J connectivity index is 2.01. The summed E-state index contributed by atoms with van der Waals surface area (Å²) in [7, 11) is 0. The number of aryl methyl sites for hydroxylation is 1. The number of nitrogen functional groups attached to an aromatic ring is 1. The van der Waals surface area contributed by atoms with E-state index in [1.165, 1.54) is 5.56 Å². The zero-order valence-corrected chi connectivity index (χ0v) is 12.0. The van der Waals surface area contributed by atoms with Gasteiger partial charge in [0, 0.05) is 29.3 Å². The summed E-state index contributed by atoms with van der Waals surface area (Å²) in [6, 6.07) is 10.4. The highest BCUT2D eigenvalue weighted by Gasteiger charge is 2.09. The third-order valence-corrected chi connectivity index (χ3v) is 3.52. The van der Waals surface area contributed by atoms with Crippen LogP contribution in [0, 0.1) is 0 Å². The first-order valence-corrected chi connectivity index (χ1v) is 7.11. The average molecular weight is 278 g/mol. The fourth-order valence-electron chi connectivity index (χ4n) is 2.43. The molecule has 2 N–H and O–H groups in total. The van der Waals surface area contributed by atoms with Gasteiger partial charge < -0.3 is 5.73 Å². The van der Waals surface area contributed by atoms with E-state index in [0.29, 0.717) is 5.69 Å². The maximum absolute atomic E-state index is 6.04. The van der Waals surface area contributed by atoms with E-state index in [4.69, 9.17) is 5.73 Å². The first-order chi connectivity index (χ1) is 10.3. The Hall–Kier alpha value is -2.62. The number of hydrogen-bond donors (Lipinski definition) is 1. The number of anilines is 1. The van der Waals surface area contributed by atoms with Crippen molar-refractivity contribution in [1.29, 1.82) is 0 Å². The molecule has 0 spiro atoms. The molecule has 0 amide bonds. The third-order valence-electron chi connectivity index (χ3n) is 3.52. The van der Waals surface area contributed by atoms with Crippen molar-refractivity contribution in [3.8, 4) is 16.9 Å². The minimum absolute atomic E-state index is 0.703. The number of pyridine rings is 1. The topological polar surface area (TPSA) is 56.7 Å². The molecule has 0 unspecified atom stereocenters. The van der Waals surface area contributed by atoms with Crippen molar-refractivity contribution < 1.29 is 0 Å². The zero-order valence-electron chi connectivity index (χ0n) is 12.0. The number of rotatable bonds is 4. The van der Waals surface area contributed by atoms with Gasteiger partial charge in [-0.05, 0) is 30.2 Å². The van der Waals surface area contributed by atoms with E-state index in [9.17, 15) is 0 Å². The molecule has 1 aromatic carbocycles. The highest BCUT2D eigenvalue weighted by molar-refractivity contribution is 5.73. The zero-order chi connectivity index (χ0) is 14.7. The lowest BCUT2D eigenvalue weighted by atomic mass is 10.1. The molecule has 4 nitrogen and oxygen atoms in total. The number of hydrogen-bond acceptors (Lipinski definition) is 3. The molecule has 2 heterocycles. The van der Waals surface area contributed by atoms with Crippen molar-refractivity contribution in [2.24, 2.45) is 0 Å². The Kier molecular flexibility index (Phi) is 3.69. The van der Waals surface area contributed by atoms with Crippen LogP contribution in [0.15, 0.2) is 55.2 Å². The van der Waals surface area contributed by atoms with E-state index in [0.717, 1.165) is 29.8 Å². The van der Waals surface area contributed by atoms with Gasteiger partial charge in [0.25, 0.3) is 0 Å². The Morgan fingerprint density at radius 3 is 2.57 bits per heavy atom. The van der Waals surface area contributed by atoms with Gasteiger partial charge in [-0.15, -0.1) is 0 Å². The van der Waals surface area contributed by atoms with Gasteiger partial charge in [0.1, 0.15) is 0 Å². The van der Waals surface area contributed by atoms with Crippen molar-refractivity contribution >= 4 is 5.69 Å². The van der Waals surface area contributed by atoms with Crippen molar-refractivity contribution in [2.75, 3.05) is 5.73 Å². The monoisotopic (exact) mass is 278 g/mol. The molecule has 3 aromatic rings. The molecule has 21 heavy (non-hydrogen) atoms. The van der Waals surface area contributed by atoms with Crippen LogP contribution in [-0.4, -0.2) is 14.5 Å². The second-order valence-corrected chi connectivity index (χ2v) is 5.03. The first kappa shape index (κ1) is 13.4. The van der Waals surface area contributed by atoms with E-state index >= 15 is 0 Å². The Morgan fingerprint density at radius 1 is 1.05 bits per heavy atom. The van der Waals surface area contributed by atoms with Crippen molar-refractivity contribution in [3.05, 3.63) is 60.8 Å². The second-order valence-electron chi connectivity index (χ2n) is 5.03. The van der Waals surface area contributed by atoms with Gasteiger partial charge in [-0.25, -0.2) is 4.98 Å². The average Bonchev–Trinajstić information content (AvgIpc) is 2.98. The predicted octanol–water partition coefficient (Wildman–Crippen LogP) is 3.47. The van der Waals surface area contributed by atoms with E-state index in [-0.39, 0.29) is 0 Å². The number of nitrogens with zero attached hydrogens (tertiary/aromatic N) is 3. The summed E-state index contributed by atoms with van der Waals surface area (Å²) in [4.78, 5) is 8.41.